The zero-order valence-electron chi connectivity index (χ0n) is 26.6. The van der Waals surface area contributed by atoms with Gasteiger partial charge in [0.15, 0.2) is 0 Å². The van der Waals surface area contributed by atoms with Gasteiger partial charge in [0.1, 0.15) is 23.8 Å². The van der Waals surface area contributed by atoms with E-state index in [2.05, 4.69) is 45.3 Å². The van der Waals surface area contributed by atoms with Gasteiger partial charge in [0.25, 0.3) is 0 Å². The van der Waals surface area contributed by atoms with Gasteiger partial charge in [0.2, 0.25) is 54.3 Å². The first-order valence-corrected chi connectivity index (χ1v) is 17.3. The van der Waals surface area contributed by atoms with Crippen molar-refractivity contribution in [2.24, 2.45) is 28.2 Å². The molecule has 17 nitrogen and oxygen atoms in total. The molecule has 1 fully saturated rings. The molecule has 27 heteroatoms. The summed E-state index contributed by atoms with van der Waals surface area (Å²) in [5.41, 5.74) is 3.68. The minimum absolute atomic E-state index is 0. The summed E-state index contributed by atoms with van der Waals surface area (Å²) in [7, 11) is -14.4. The van der Waals surface area contributed by atoms with E-state index < -0.39 is 41.6 Å². The van der Waals surface area contributed by atoms with E-state index in [1.165, 1.54) is 24.2 Å². The smallest absolute Gasteiger partial charge is 1.00 e. The van der Waals surface area contributed by atoms with Crippen molar-refractivity contribution in [1.29, 1.82) is 0 Å². The largest absolute Gasteiger partial charge is 1.00 e. The van der Waals surface area contributed by atoms with E-state index in [0.717, 1.165) is 27.2 Å². The summed E-state index contributed by atoms with van der Waals surface area (Å²) in [6.07, 6.45) is 14.2. The molecule has 0 atom stereocenters. The van der Waals surface area contributed by atoms with Crippen LogP contribution in [0, 0.1) is 20.8 Å². The number of rotatable bonds is 4. The van der Waals surface area contributed by atoms with Crippen LogP contribution in [0.5, 0.6) is 0 Å². The Morgan fingerprint density at radius 3 is 1.13 bits per heavy atom. The van der Waals surface area contributed by atoms with E-state index in [4.69, 9.17) is 4.74 Å². The first-order chi connectivity index (χ1) is 20.2. The molecule has 0 spiro atoms. The predicted molar refractivity (Wildman–Crippen MR) is 153 cm³/mol. The summed E-state index contributed by atoms with van der Waals surface area (Å²) in [6, 6.07) is 0. The average molecular weight is 903 g/mol. The number of aromatic nitrogens is 6. The number of nitrogens with one attached hydrogen (secondary N) is 1. The molecular formula is C20H36F4IKN8O9S4. The van der Waals surface area contributed by atoms with E-state index in [1.54, 1.807) is 12.5 Å². The Bertz CT molecular complexity index is 1510. The molecule has 0 amide bonds. The third-order valence-corrected chi connectivity index (χ3v) is 7.27. The molecule has 4 rings (SSSR count). The van der Waals surface area contributed by atoms with Crippen LogP contribution in [0.25, 0.3) is 8.25 Å². The summed E-state index contributed by atoms with van der Waals surface area (Å²) in [5, 5.41) is 0. The van der Waals surface area contributed by atoms with Gasteiger partial charge in [-0.15, -0.1) is 15.5 Å². The number of imidazole rings is 3. The standard InChI is InChI=1S/2C6H11N2.C4H6N2.C4H8O.2F2NO4S2.HI.K/c2*1-6-4-7(2)5-8(6)3;1-4-2-5-3-6-4;1-2-4-5-3-1;2*1-8(4,5)3-9(2,6)7;;/h2*4-5H,1-3H3;2-3H,1H3,(H,5,6);1-4H2;;;1H;/q2*+1;;;2*-1;;+1/p-1. The van der Waals surface area contributed by atoms with Gasteiger partial charge in [-0.3, -0.25) is 0 Å². The van der Waals surface area contributed by atoms with Crippen LogP contribution in [0.2, 0.25) is 0 Å². The summed E-state index contributed by atoms with van der Waals surface area (Å²) < 4.78 is 133. The van der Waals surface area contributed by atoms with Gasteiger partial charge >= 0.3 is 51.4 Å². The van der Waals surface area contributed by atoms with Crippen molar-refractivity contribution >= 4 is 41.6 Å². The van der Waals surface area contributed by atoms with Gasteiger partial charge in [-0.05, 0) is 19.8 Å². The monoisotopic (exact) mass is 902 g/mol. The van der Waals surface area contributed by atoms with Crippen molar-refractivity contribution in [3.63, 3.8) is 0 Å². The van der Waals surface area contributed by atoms with E-state index in [0.29, 0.717) is 0 Å². The second-order valence-electron chi connectivity index (χ2n) is 8.68. The van der Waals surface area contributed by atoms with E-state index in [9.17, 15) is 49.2 Å². The Morgan fingerprint density at radius 1 is 0.745 bits per heavy atom. The second kappa shape index (κ2) is 25.4. The Morgan fingerprint density at radius 2 is 1.06 bits per heavy atom. The average Bonchev–Trinajstić information content (AvgIpc) is 3.59. The van der Waals surface area contributed by atoms with E-state index in [1.807, 2.05) is 56.9 Å². The number of nitrogens with zero attached hydrogens (tertiary/aromatic N) is 7. The Kier molecular flexibility index (Phi) is 28.7. The molecule has 0 aliphatic carbocycles. The predicted octanol–water partition coefficient (Wildman–Crippen LogP) is -4.58. The number of ether oxygens (including phenoxy) is 1. The first-order valence-electron chi connectivity index (χ1n) is 12.0. The summed E-state index contributed by atoms with van der Waals surface area (Å²) >= 11 is 0. The fraction of sp³-hybridized carbons (Fsp3) is 0.550. The van der Waals surface area contributed by atoms with Crippen LogP contribution < -0.4 is 84.5 Å². The molecular weight excluding hydrogens is 867 g/mol. The minimum Gasteiger partial charge on any atom is -1.00 e. The van der Waals surface area contributed by atoms with Crippen LogP contribution in [-0.2, 0) is 74.6 Å². The Labute approximate surface area is 333 Å². The van der Waals surface area contributed by atoms with Crippen LogP contribution in [0.4, 0.5) is 15.5 Å². The number of H-pyrrole nitrogens is 1. The normalized spacial score (nSPS) is 12.2. The summed E-state index contributed by atoms with van der Waals surface area (Å²) in [6.45, 7) is 8.13. The summed E-state index contributed by atoms with van der Waals surface area (Å²) in [5.74, 6) is 0. The van der Waals surface area contributed by atoms with Crippen molar-refractivity contribution in [2.45, 2.75) is 33.6 Å². The number of hydrogen-bond donors (Lipinski definition) is 1. The Hall–Kier alpha value is -0.604. The van der Waals surface area contributed by atoms with Crippen LogP contribution in [0.3, 0.4) is 0 Å². The molecule has 3 aromatic heterocycles. The number of aromatic amines is 1. The molecule has 1 saturated heterocycles. The quantitative estimate of drug-likeness (QED) is 0.0869. The molecule has 1 aliphatic heterocycles. The van der Waals surface area contributed by atoms with Gasteiger partial charge in [0, 0.05) is 39.0 Å². The SMILES string of the molecule is C1CCOC1.Cc1c[n+](C)cn1C.Cc1c[n+](C)cn1C.Cc1cnc[nH]1.O=S(=O)(F)[N-]S(=O)(=O)F.O=S(=O)(F)[N-]S(=O)(=O)F.[I-].[K+]. The molecule has 1 aliphatic rings. The third kappa shape index (κ3) is 38.1. The van der Waals surface area contributed by atoms with Crippen molar-refractivity contribution in [2.75, 3.05) is 13.2 Å². The maximum absolute atomic E-state index is 11.1. The fourth-order valence-corrected chi connectivity index (χ4v) is 4.32. The zero-order chi connectivity index (χ0) is 35.6. The Balaban J connectivity index is -0.000000236. The van der Waals surface area contributed by atoms with Gasteiger partial charge < -0.3 is 42.0 Å². The minimum atomic E-state index is -5.62. The molecule has 0 bridgehead atoms. The summed E-state index contributed by atoms with van der Waals surface area (Å²) in [4.78, 5) is 6.66. The molecule has 47 heavy (non-hydrogen) atoms. The number of aryl methyl sites for hydroxylation is 7. The maximum atomic E-state index is 11.1. The van der Waals surface area contributed by atoms with Crippen LogP contribution in [0.1, 0.15) is 29.9 Å². The molecule has 4 heterocycles. The van der Waals surface area contributed by atoms with Crippen LogP contribution >= 0.6 is 0 Å². The second-order valence-corrected chi connectivity index (χ2v) is 13.2. The van der Waals surface area contributed by atoms with Crippen molar-refractivity contribution in [3.05, 3.63) is 62.9 Å². The van der Waals surface area contributed by atoms with Gasteiger partial charge in [-0.25, -0.2) is 56.9 Å². The third-order valence-electron chi connectivity index (χ3n) is 4.42. The van der Waals surface area contributed by atoms with E-state index >= 15 is 0 Å². The molecule has 0 aromatic carbocycles. The zero-order valence-corrected chi connectivity index (χ0v) is 35.2. The van der Waals surface area contributed by atoms with Gasteiger partial charge in [-0.2, -0.15) is 0 Å². The molecule has 3 aromatic rings. The number of halogens is 5. The van der Waals surface area contributed by atoms with Crippen molar-refractivity contribution in [3.8, 4) is 0 Å². The van der Waals surface area contributed by atoms with Crippen LogP contribution in [0.15, 0.2) is 37.6 Å². The molecule has 0 radical (unpaired) electrons. The molecule has 0 saturated carbocycles. The molecule has 1 N–H and O–H groups in total. The fourth-order valence-electron chi connectivity index (χ4n) is 2.62. The van der Waals surface area contributed by atoms with Crippen molar-refractivity contribution in [1.82, 2.24) is 19.1 Å². The molecule has 0 unspecified atom stereocenters. The van der Waals surface area contributed by atoms with E-state index in [-0.39, 0.29) is 75.4 Å². The number of hydrogen-bond acceptors (Lipinski definition) is 10. The maximum Gasteiger partial charge on any atom is 1.00 e. The topological polar surface area (TPSA) is 220 Å². The van der Waals surface area contributed by atoms with Crippen molar-refractivity contribution < 1.29 is 138 Å². The van der Waals surface area contributed by atoms with Crippen LogP contribution in [-0.4, -0.2) is 66.0 Å². The van der Waals surface area contributed by atoms with Gasteiger partial charge in [0.05, 0.1) is 34.5 Å². The first kappa shape index (κ1) is 53.2. The van der Waals surface area contributed by atoms with Gasteiger partial charge in [-0.1, -0.05) is 0 Å². The molecule has 270 valence electrons.